The van der Waals surface area contributed by atoms with E-state index in [2.05, 4.69) is 15.9 Å². The fourth-order valence-corrected chi connectivity index (χ4v) is 2.83. The molecular formula is C15H15N3O4S. The summed E-state index contributed by atoms with van der Waals surface area (Å²) in [4.78, 5) is 22.2. The van der Waals surface area contributed by atoms with Crippen LogP contribution in [-0.4, -0.2) is 21.0 Å². The molecule has 0 bridgehead atoms. The Morgan fingerprint density at radius 3 is 2.22 bits per heavy atom. The first kappa shape index (κ1) is 16.5. The third-order valence-electron chi connectivity index (χ3n) is 3.00. The Kier molecular flexibility index (Phi) is 4.65. The van der Waals surface area contributed by atoms with Gasteiger partial charge in [-0.05, 0) is 37.1 Å². The average molecular weight is 333 g/mol. The van der Waals surface area contributed by atoms with Gasteiger partial charge in [0.05, 0.1) is 19.5 Å². The number of carbonyl (C=O) groups excluding carboxylic acids is 1. The third kappa shape index (κ3) is 4.30. The Morgan fingerprint density at radius 1 is 1.13 bits per heavy atom. The molecule has 0 fully saturated rings. The highest BCUT2D eigenvalue weighted by molar-refractivity contribution is 7.99. The van der Waals surface area contributed by atoms with Crippen LogP contribution in [0.25, 0.3) is 0 Å². The Morgan fingerprint density at radius 2 is 1.70 bits per heavy atom. The number of nitrogens with zero attached hydrogens (tertiary/aromatic N) is 1. The minimum atomic E-state index is -3.11. The first-order valence-electron chi connectivity index (χ1n) is 6.55. The number of hydrogen-bond donors (Lipinski definition) is 2. The van der Waals surface area contributed by atoms with Crippen LogP contribution in [0.5, 0.6) is 0 Å². The number of amides is 2. The third-order valence-corrected chi connectivity index (χ3v) is 4.54. The molecule has 0 spiro atoms. The van der Waals surface area contributed by atoms with E-state index in [1.165, 1.54) is 24.3 Å². The van der Waals surface area contributed by atoms with E-state index in [9.17, 15) is 19.1 Å². The topological polar surface area (TPSA) is 101 Å². The SMILES string of the molecule is C=S(=O)(NC(=O)Nc1ccc(C)cc1)c1ccc([N+](=O)[O-])cc1. The first-order chi connectivity index (χ1) is 10.8. The summed E-state index contributed by atoms with van der Waals surface area (Å²) in [5, 5.41) is 13.2. The lowest BCUT2D eigenvalue weighted by atomic mass is 10.2. The number of aryl methyl sites for hydroxylation is 1. The minimum absolute atomic E-state index is 0.131. The van der Waals surface area contributed by atoms with Crippen molar-refractivity contribution in [2.45, 2.75) is 11.8 Å². The summed E-state index contributed by atoms with van der Waals surface area (Å²) in [6.45, 7) is 1.92. The van der Waals surface area contributed by atoms with Gasteiger partial charge in [0.1, 0.15) is 0 Å². The van der Waals surface area contributed by atoms with Crippen molar-refractivity contribution in [3.05, 3.63) is 64.2 Å². The molecule has 0 aliphatic carbocycles. The Bertz CT molecular complexity index is 828. The Labute approximate surface area is 133 Å². The maximum Gasteiger partial charge on any atom is 0.330 e. The van der Waals surface area contributed by atoms with Gasteiger partial charge in [-0.2, -0.15) is 0 Å². The highest BCUT2D eigenvalue weighted by Crippen LogP contribution is 2.16. The fraction of sp³-hybridized carbons (Fsp3) is 0.0667. The minimum Gasteiger partial charge on any atom is -0.307 e. The van der Waals surface area contributed by atoms with E-state index in [-0.39, 0.29) is 10.6 Å². The molecule has 7 nitrogen and oxygen atoms in total. The van der Waals surface area contributed by atoms with Gasteiger partial charge in [-0.1, -0.05) is 17.7 Å². The molecule has 1 unspecified atom stereocenters. The first-order valence-corrected chi connectivity index (χ1v) is 8.28. The highest BCUT2D eigenvalue weighted by Gasteiger charge is 2.13. The molecule has 0 radical (unpaired) electrons. The van der Waals surface area contributed by atoms with Crippen LogP contribution in [0.4, 0.5) is 16.2 Å². The number of carbonyl (C=O) groups is 1. The fourth-order valence-electron chi connectivity index (χ4n) is 1.79. The van der Waals surface area contributed by atoms with Crippen molar-refractivity contribution >= 4 is 33.0 Å². The number of nitrogens with one attached hydrogen (secondary N) is 2. The molecule has 0 aromatic heterocycles. The summed E-state index contributed by atoms with van der Waals surface area (Å²) in [7, 11) is -3.11. The number of hydrogen-bond acceptors (Lipinski definition) is 4. The predicted molar refractivity (Wildman–Crippen MR) is 90.0 cm³/mol. The van der Waals surface area contributed by atoms with E-state index >= 15 is 0 Å². The summed E-state index contributed by atoms with van der Waals surface area (Å²) in [5.41, 5.74) is 1.46. The standard InChI is InChI=1S/C15H15N3O4S/c1-11-3-5-12(6-4-11)16-15(19)17-23(2,22)14-9-7-13(8-10-14)18(20)21/h3-10H,2H2,1H3,(H2,16,17,19,22). The van der Waals surface area contributed by atoms with E-state index in [1.807, 2.05) is 19.1 Å². The second-order valence-electron chi connectivity index (χ2n) is 4.85. The second kappa shape index (κ2) is 6.49. The van der Waals surface area contributed by atoms with Gasteiger partial charge in [-0.3, -0.25) is 14.8 Å². The van der Waals surface area contributed by atoms with Crippen molar-refractivity contribution in [1.29, 1.82) is 0 Å². The van der Waals surface area contributed by atoms with Crippen molar-refractivity contribution in [2.24, 2.45) is 0 Å². The molecule has 0 aliphatic heterocycles. The zero-order valence-electron chi connectivity index (χ0n) is 12.3. The van der Waals surface area contributed by atoms with Crippen LogP contribution in [0.15, 0.2) is 53.4 Å². The summed E-state index contributed by atoms with van der Waals surface area (Å²) >= 11 is 0. The lowest BCUT2D eigenvalue weighted by Gasteiger charge is -2.12. The Balaban J connectivity index is 2.09. The van der Waals surface area contributed by atoms with Crippen molar-refractivity contribution in [3.8, 4) is 0 Å². The molecule has 1 atom stereocenters. The van der Waals surface area contributed by atoms with Gasteiger partial charge in [-0.25, -0.2) is 9.00 Å². The molecule has 120 valence electrons. The van der Waals surface area contributed by atoms with Crippen molar-refractivity contribution < 1.29 is 13.9 Å². The van der Waals surface area contributed by atoms with Crippen LogP contribution in [-0.2, 0) is 9.71 Å². The molecular weight excluding hydrogens is 318 g/mol. The van der Waals surface area contributed by atoms with Crippen molar-refractivity contribution in [1.82, 2.24) is 4.72 Å². The van der Waals surface area contributed by atoms with Crippen LogP contribution >= 0.6 is 0 Å². The van der Waals surface area contributed by atoms with E-state index in [0.29, 0.717) is 5.69 Å². The van der Waals surface area contributed by atoms with Crippen LogP contribution < -0.4 is 10.0 Å². The quantitative estimate of drug-likeness (QED) is 0.510. The van der Waals surface area contributed by atoms with Crippen LogP contribution in [0.3, 0.4) is 0 Å². The van der Waals surface area contributed by atoms with Gasteiger partial charge in [0, 0.05) is 17.8 Å². The molecule has 2 rings (SSSR count). The number of urea groups is 1. The van der Waals surface area contributed by atoms with Crippen LogP contribution in [0.1, 0.15) is 5.56 Å². The van der Waals surface area contributed by atoms with E-state index in [1.54, 1.807) is 12.1 Å². The molecule has 2 aromatic rings. The monoisotopic (exact) mass is 333 g/mol. The summed E-state index contributed by atoms with van der Waals surface area (Å²) in [6.07, 6.45) is 0. The van der Waals surface area contributed by atoms with Gasteiger partial charge in [0.25, 0.3) is 5.69 Å². The lowest BCUT2D eigenvalue weighted by molar-refractivity contribution is -0.384. The van der Waals surface area contributed by atoms with Gasteiger partial charge in [0.15, 0.2) is 0 Å². The van der Waals surface area contributed by atoms with E-state index in [0.717, 1.165) is 5.56 Å². The lowest BCUT2D eigenvalue weighted by Crippen LogP contribution is -2.34. The maximum atomic E-state index is 12.5. The summed E-state index contributed by atoms with van der Waals surface area (Å²) in [5.74, 6) is 3.50. The number of nitro groups is 1. The van der Waals surface area contributed by atoms with Gasteiger partial charge in [-0.15, -0.1) is 0 Å². The molecule has 0 saturated heterocycles. The largest absolute Gasteiger partial charge is 0.330 e. The molecule has 2 aromatic carbocycles. The second-order valence-corrected chi connectivity index (χ2v) is 6.87. The molecule has 2 amide bonds. The molecule has 0 aliphatic rings. The van der Waals surface area contributed by atoms with Gasteiger partial charge >= 0.3 is 6.03 Å². The van der Waals surface area contributed by atoms with Gasteiger partial charge in [0.2, 0.25) is 0 Å². The zero-order chi connectivity index (χ0) is 17.0. The summed E-state index contributed by atoms with van der Waals surface area (Å²) < 4.78 is 14.8. The van der Waals surface area contributed by atoms with Crippen molar-refractivity contribution in [2.75, 3.05) is 5.32 Å². The number of anilines is 1. The number of non-ortho nitro benzene ring substituents is 1. The number of rotatable bonds is 4. The average Bonchev–Trinajstić information content (AvgIpc) is 2.49. The highest BCUT2D eigenvalue weighted by atomic mass is 32.2. The van der Waals surface area contributed by atoms with Crippen molar-refractivity contribution in [3.63, 3.8) is 0 Å². The molecule has 0 heterocycles. The number of benzene rings is 2. The normalized spacial score (nSPS) is 12.9. The van der Waals surface area contributed by atoms with Gasteiger partial charge < -0.3 is 5.32 Å². The molecule has 23 heavy (non-hydrogen) atoms. The molecule has 0 saturated carbocycles. The van der Waals surface area contributed by atoms with Crippen LogP contribution in [0.2, 0.25) is 0 Å². The Hall–Kier alpha value is -2.87. The summed E-state index contributed by atoms with van der Waals surface area (Å²) in [6, 6.07) is 11.4. The zero-order valence-corrected chi connectivity index (χ0v) is 13.1. The molecule has 8 heteroatoms. The molecule has 2 N–H and O–H groups in total. The maximum absolute atomic E-state index is 12.5. The van der Waals surface area contributed by atoms with E-state index < -0.39 is 20.7 Å². The van der Waals surface area contributed by atoms with Crippen LogP contribution in [0, 0.1) is 17.0 Å². The smallest absolute Gasteiger partial charge is 0.307 e. The van der Waals surface area contributed by atoms with E-state index in [4.69, 9.17) is 0 Å². The predicted octanol–water partition coefficient (Wildman–Crippen LogP) is 2.72. The number of nitro benzene ring substituents is 1.